The van der Waals surface area contributed by atoms with Crippen molar-refractivity contribution in [3.63, 3.8) is 0 Å². The Morgan fingerprint density at radius 1 is 1.75 bits per heavy atom. The van der Waals surface area contributed by atoms with E-state index in [4.69, 9.17) is 4.74 Å². The lowest BCUT2D eigenvalue weighted by atomic mass is 10.2. The molecule has 2 aliphatic rings. The third-order valence-electron chi connectivity index (χ3n) is 2.05. The van der Waals surface area contributed by atoms with E-state index >= 15 is 0 Å². The number of cyclic esters (lactones) is 1. The standard InChI is InChI=1S/C7H11N3O2/c11-7-10(4-5-12-7)6-2-1-3-8-9-6/h3,6,9H,1-2,4-5H2/t6-/m1/s1. The number of ether oxygens (including phenoxy) is 1. The number of hydrazone groups is 1. The molecule has 1 N–H and O–H groups in total. The summed E-state index contributed by atoms with van der Waals surface area (Å²) in [6.07, 6.45) is 3.45. The maximum atomic E-state index is 11.1. The molecule has 0 bridgehead atoms. The fraction of sp³-hybridized carbons (Fsp3) is 0.714. The first-order chi connectivity index (χ1) is 5.88. The predicted molar refractivity (Wildman–Crippen MR) is 42.7 cm³/mol. The van der Waals surface area contributed by atoms with Gasteiger partial charge in [0.2, 0.25) is 0 Å². The van der Waals surface area contributed by atoms with E-state index in [9.17, 15) is 4.79 Å². The number of hydrogen-bond acceptors (Lipinski definition) is 4. The van der Waals surface area contributed by atoms with E-state index in [0.29, 0.717) is 13.2 Å². The van der Waals surface area contributed by atoms with Gasteiger partial charge in [0.1, 0.15) is 12.8 Å². The van der Waals surface area contributed by atoms with Crippen molar-refractivity contribution in [3.05, 3.63) is 0 Å². The van der Waals surface area contributed by atoms with E-state index < -0.39 is 0 Å². The third-order valence-corrected chi connectivity index (χ3v) is 2.05. The second kappa shape index (κ2) is 3.00. The van der Waals surface area contributed by atoms with Gasteiger partial charge in [-0.2, -0.15) is 5.10 Å². The second-order valence-corrected chi connectivity index (χ2v) is 2.84. The molecule has 12 heavy (non-hydrogen) atoms. The highest BCUT2D eigenvalue weighted by molar-refractivity contribution is 5.70. The highest BCUT2D eigenvalue weighted by atomic mass is 16.6. The minimum atomic E-state index is -0.232. The maximum Gasteiger partial charge on any atom is 0.411 e. The molecular formula is C7H11N3O2. The first-order valence-electron chi connectivity index (χ1n) is 4.08. The van der Waals surface area contributed by atoms with Crippen molar-refractivity contribution in [2.24, 2.45) is 5.10 Å². The quantitative estimate of drug-likeness (QED) is 0.607. The zero-order valence-corrected chi connectivity index (χ0v) is 6.69. The average molecular weight is 169 g/mol. The Hall–Kier alpha value is -1.26. The normalized spacial score (nSPS) is 28.5. The number of rotatable bonds is 1. The van der Waals surface area contributed by atoms with E-state index in [1.54, 1.807) is 4.90 Å². The average Bonchev–Trinajstić information content (AvgIpc) is 2.53. The van der Waals surface area contributed by atoms with Crippen molar-refractivity contribution in [1.29, 1.82) is 0 Å². The van der Waals surface area contributed by atoms with Gasteiger partial charge in [-0.3, -0.25) is 10.3 Å². The molecule has 0 unspecified atom stereocenters. The number of carbonyl (C=O) groups is 1. The minimum absolute atomic E-state index is 0.0324. The lowest BCUT2D eigenvalue weighted by molar-refractivity contribution is 0.138. The van der Waals surface area contributed by atoms with Crippen LogP contribution in [0.4, 0.5) is 4.79 Å². The zero-order valence-electron chi connectivity index (χ0n) is 6.69. The van der Waals surface area contributed by atoms with Crippen molar-refractivity contribution in [1.82, 2.24) is 10.3 Å². The molecule has 2 heterocycles. The molecule has 0 spiro atoms. The Bertz CT molecular complexity index is 217. The van der Waals surface area contributed by atoms with Crippen LogP contribution in [0, 0.1) is 0 Å². The molecule has 0 aromatic rings. The summed E-state index contributed by atoms with van der Waals surface area (Å²) in [6.45, 7) is 1.17. The number of hydrogen-bond donors (Lipinski definition) is 1. The monoisotopic (exact) mass is 169 g/mol. The molecular weight excluding hydrogens is 158 g/mol. The molecule has 0 aromatic carbocycles. The lowest BCUT2D eigenvalue weighted by Crippen LogP contribution is -2.45. The van der Waals surface area contributed by atoms with Gasteiger partial charge < -0.3 is 4.74 Å². The van der Waals surface area contributed by atoms with E-state index in [2.05, 4.69) is 10.5 Å². The highest BCUT2D eigenvalue weighted by Gasteiger charge is 2.29. The van der Waals surface area contributed by atoms with Crippen LogP contribution in [0.3, 0.4) is 0 Å². The summed E-state index contributed by atoms with van der Waals surface area (Å²) in [5, 5.41) is 3.91. The Morgan fingerprint density at radius 2 is 2.67 bits per heavy atom. The first-order valence-corrected chi connectivity index (χ1v) is 4.08. The summed E-state index contributed by atoms with van der Waals surface area (Å²) < 4.78 is 4.81. The van der Waals surface area contributed by atoms with Crippen molar-refractivity contribution in [3.8, 4) is 0 Å². The largest absolute Gasteiger partial charge is 0.447 e. The van der Waals surface area contributed by atoms with Gasteiger partial charge in [-0.1, -0.05) is 0 Å². The molecule has 0 aliphatic carbocycles. The number of nitrogens with one attached hydrogen (secondary N) is 1. The van der Waals surface area contributed by atoms with Crippen LogP contribution >= 0.6 is 0 Å². The molecule has 2 aliphatic heterocycles. The van der Waals surface area contributed by atoms with Gasteiger partial charge >= 0.3 is 6.09 Å². The maximum absolute atomic E-state index is 11.1. The Labute approximate surface area is 70.4 Å². The van der Waals surface area contributed by atoms with E-state index in [1.807, 2.05) is 6.21 Å². The van der Waals surface area contributed by atoms with Crippen LogP contribution in [0.2, 0.25) is 0 Å². The van der Waals surface area contributed by atoms with Gasteiger partial charge in [-0.15, -0.1) is 0 Å². The van der Waals surface area contributed by atoms with Crippen LogP contribution in [0.15, 0.2) is 5.10 Å². The third kappa shape index (κ3) is 1.22. The molecule has 5 heteroatoms. The zero-order chi connectivity index (χ0) is 8.39. The van der Waals surface area contributed by atoms with Crippen molar-refractivity contribution in [2.45, 2.75) is 19.0 Å². The topological polar surface area (TPSA) is 53.9 Å². The van der Waals surface area contributed by atoms with Crippen molar-refractivity contribution in [2.75, 3.05) is 13.2 Å². The fourth-order valence-electron chi connectivity index (χ4n) is 1.41. The minimum Gasteiger partial charge on any atom is -0.447 e. The Morgan fingerprint density at radius 3 is 3.25 bits per heavy atom. The Kier molecular flexibility index (Phi) is 1.85. The van der Waals surface area contributed by atoms with Gasteiger partial charge in [0.05, 0.1) is 6.54 Å². The predicted octanol–water partition coefficient (Wildman–Crippen LogP) is 0.134. The van der Waals surface area contributed by atoms with Gasteiger partial charge in [0.25, 0.3) is 0 Å². The fourth-order valence-corrected chi connectivity index (χ4v) is 1.41. The second-order valence-electron chi connectivity index (χ2n) is 2.84. The van der Waals surface area contributed by atoms with Crippen LogP contribution in [0.25, 0.3) is 0 Å². The number of carbonyl (C=O) groups excluding carboxylic acids is 1. The highest BCUT2D eigenvalue weighted by Crippen LogP contribution is 2.12. The smallest absolute Gasteiger partial charge is 0.411 e. The molecule has 66 valence electrons. The number of nitrogens with zero attached hydrogens (tertiary/aromatic N) is 2. The van der Waals surface area contributed by atoms with Crippen LogP contribution in [0.5, 0.6) is 0 Å². The first kappa shape index (κ1) is 7.39. The summed E-state index contributed by atoms with van der Waals surface area (Å²) in [4.78, 5) is 12.8. The van der Waals surface area contributed by atoms with Crippen molar-refractivity contribution >= 4 is 12.3 Å². The molecule has 0 saturated carbocycles. The summed E-state index contributed by atoms with van der Waals surface area (Å²) >= 11 is 0. The van der Waals surface area contributed by atoms with Gasteiger partial charge in [-0.25, -0.2) is 4.79 Å². The molecule has 0 aromatic heterocycles. The van der Waals surface area contributed by atoms with Crippen LogP contribution in [-0.2, 0) is 4.74 Å². The van der Waals surface area contributed by atoms with Gasteiger partial charge in [0.15, 0.2) is 0 Å². The summed E-state index contributed by atoms with van der Waals surface area (Å²) in [6, 6.07) is 0. The molecule has 5 nitrogen and oxygen atoms in total. The molecule has 1 atom stereocenters. The molecule has 0 radical (unpaired) electrons. The summed E-state index contributed by atoms with van der Waals surface area (Å²) in [5.41, 5.74) is 2.89. The SMILES string of the molecule is O=C1OCCN1[C@@H]1CCC=NN1. The number of amides is 1. The van der Waals surface area contributed by atoms with Crippen LogP contribution < -0.4 is 5.43 Å². The molecule has 1 fully saturated rings. The summed E-state index contributed by atoms with van der Waals surface area (Å²) in [5.74, 6) is 0. The van der Waals surface area contributed by atoms with Crippen LogP contribution in [0.1, 0.15) is 12.8 Å². The Balaban J connectivity index is 1.99. The molecule has 1 saturated heterocycles. The molecule has 2 rings (SSSR count). The molecule has 1 amide bonds. The van der Waals surface area contributed by atoms with E-state index in [-0.39, 0.29) is 12.3 Å². The van der Waals surface area contributed by atoms with Crippen LogP contribution in [-0.4, -0.2) is 36.5 Å². The van der Waals surface area contributed by atoms with E-state index in [1.165, 1.54) is 0 Å². The van der Waals surface area contributed by atoms with Gasteiger partial charge in [0, 0.05) is 6.21 Å². The summed E-state index contributed by atoms with van der Waals surface area (Å²) in [7, 11) is 0. The van der Waals surface area contributed by atoms with Crippen molar-refractivity contribution < 1.29 is 9.53 Å². The lowest BCUT2D eigenvalue weighted by Gasteiger charge is -2.26. The van der Waals surface area contributed by atoms with Gasteiger partial charge in [-0.05, 0) is 12.8 Å². The van der Waals surface area contributed by atoms with E-state index in [0.717, 1.165) is 12.8 Å².